The van der Waals surface area contributed by atoms with Gasteiger partial charge in [0, 0.05) is 37.7 Å². The maximum Gasteiger partial charge on any atom is 0.269 e. The number of nitro groups is 1. The first-order valence-electron chi connectivity index (χ1n) is 9.08. The van der Waals surface area contributed by atoms with Gasteiger partial charge in [0.05, 0.1) is 18.1 Å². The molecular weight excluding hydrogens is 344 g/mol. The quantitative estimate of drug-likeness (QED) is 0.339. The number of nitro benzene ring substituents is 1. The molecule has 1 unspecified atom stereocenters. The van der Waals surface area contributed by atoms with E-state index in [2.05, 4.69) is 15.6 Å². The van der Waals surface area contributed by atoms with Crippen molar-refractivity contribution >= 4 is 11.6 Å². The summed E-state index contributed by atoms with van der Waals surface area (Å²) in [6.07, 6.45) is 1.06. The largest absolute Gasteiger partial charge is 0.381 e. The SMILES string of the molecule is O=[N+]([O-])c1ccc(CNC(=NCc2ccccc2)NCC2CCOC2)cc1. The summed E-state index contributed by atoms with van der Waals surface area (Å²) >= 11 is 0. The molecular formula is C20H24N4O3. The van der Waals surface area contributed by atoms with Gasteiger partial charge >= 0.3 is 0 Å². The molecule has 0 spiro atoms. The summed E-state index contributed by atoms with van der Waals surface area (Å²) in [5.74, 6) is 1.22. The molecule has 0 aromatic heterocycles. The van der Waals surface area contributed by atoms with Gasteiger partial charge in [-0.15, -0.1) is 0 Å². The minimum absolute atomic E-state index is 0.0936. The third kappa shape index (κ3) is 6.07. The van der Waals surface area contributed by atoms with E-state index in [1.165, 1.54) is 12.1 Å². The van der Waals surface area contributed by atoms with Crippen molar-refractivity contribution in [1.82, 2.24) is 10.6 Å². The second kappa shape index (κ2) is 9.68. The van der Waals surface area contributed by atoms with Gasteiger partial charge in [0.25, 0.3) is 5.69 Å². The van der Waals surface area contributed by atoms with Crippen LogP contribution in [0.2, 0.25) is 0 Å². The van der Waals surface area contributed by atoms with E-state index in [1.807, 2.05) is 30.3 Å². The second-order valence-corrected chi connectivity index (χ2v) is 6.54. The summed E-state index contributed by atoms with van der Waals surface area (Å²) in [7, 11) is 0. The van der Waals surface area contributed by atoms with E-state index in [4.69, 9.17) is 4.74 Å². The predicted octanol–water partition coefficient (Wildman–Crippen LogP) is 2.87. The molecule has 0 aliphatic carbocycles. The maximum atomic E-state index is 10.8. The first-order valence-corrected chi connectivity index (χ1v) is 9.08. The number of ether oxygens (including phenoxy) is 1. The molecule has 1 fully saturated rings. The maximum absolute atomic E-state index is 10.8. The van der Waals surface area contributed by atoms with Crippen LogP contribution < -0.4 is 10.6 Å². The Labute approximate surface area is 158 Å². The minimum Gasteiger partial charge on any atom is -0.381 e. The molecule has 0 amide bonds. The molecule has 1 aliphatic heterocycles. The summed E-state index contributed by atoms with van der Waals surface area (Å²) in [6.45, 7) is 3.53. The van der Waals surface area contributed by atoms with Gasteiger partial charge in [-0.05, 0) is 17.5 Å². The lowest BCUT2D eigenvalue weighted by Crippen LogP contribution is -2.39. The third-order valence-corrected chi connectivity index (χ3v) is 4.45. The van der Waals surface area contributed by atoms with Crippen LogP contribution in [0.4, 0.5) is 5.69 Å². The first kappa shape index (κ1) is 18.8. The van der Waals surface area contributed by atoms with Gasteiger partial charge in [-0.25, -0.2) is 4.99 Å². The highest BCUT2D eigenvalue weighted by Crippen LogP contribution is 2.12. The minimum atomic E-state index is -0.394. The number of nitrogens with zero attached hydrogens (tertiary/aromatic N) is 2. The number of benzene rings is 2. The zero-order valence-corrected chi connectivity index (χ0v) is 15.1. The summed E-state index contributed by atoms with van der Waals surface area (Å²) < 4.78 is 5.42. The first-order chi connectivity index (χ1) is 13.2. The monoisotopic (exact) mass is 368 g/mol. The van der Waals surface area contributed by atoms with Gasteiger partial charge in [-0.1, -0.05) is 42.5 Å². The van der Waals surface area contributed by atoms with E-state index in [0.717, 1.165) is 43.3 Å². The van der Waals surface area contributed by atoms with Gasteiger partial charge in [-0.3, -0.25) is 10.1 Å². The van der Waals surface area contributed by atoms with Crippen LogP contribution >= 0.6 is 0 Å². The van der Waals surface area contributed by atoms with Crippen LogP contribution in [0, 0.1) is 16.0 Å². The van der Waals surface area contributed by atoms with E-state index in [0.29, 0.717) is 19.0 Å². The number of non-ortho nitro benzene ring substituents is 1. The molecule has 27 heavy (non-hydrogen) atoms. The number of rotatable bonds is 7. The third-order valence-electron chi connectivity index (χ3n) is 4.45. The smallest absolute Gasteiger partial charge is 0.269 e. The average molecular weight is 368 g/mol. The molecule has 0 saturated carbocycles. The molecule has 2 aromatic carbocycles. The lowest BCUT2D eigenvalue weighted by Gasteiger charge is -2.15. The second-order valence-electron chi connectivity index (χ2n) is 6.54. The fourth-order valence-electron chi connectivity index (χ4n) is 2.83. The zero-order valence-electron chi connectivity index (χ0n) is 15.1. The Morgan fingerprint density at radius 2 is 1.89 bits per heavy atom. The molecule has 7 heteroatoms. The highest BCUT2D eigenvalue weighted by molar-refractivity contribution is 5.79. The molecule has 1 aliphatic rings. The van der Waals surface area contributed by atoms with Gasteiger partial charge in [0.2, 0.25) is 0 Å². The number of hydrogen-bond acceptors (Lipinski definition) is 4. The number of hydrogen-bond donors (Lipinski definition) is 2. The van der Waals surface area contributed by atoms with E-state index in [1.54, 1.807) is 12.1 Å². The van der Waals surface area contributed by atoms with Crippen LogP contribution in [-0.2, 0) is 17.8 Å². The van der Waals surface area contributed by atoms with Crippen molar-refractivity contribution in [3.8, 4) is 0 Å². The van der Waals surface area contributed by atoms with Crippen molar-refractivity contribution < 1.29 is 9.66 Å². The van der Waals surface area contributed by atoms with Gasteiger partial charge < -0.3 is 15.4 Å². The molecule has 0 radical (unpaired) electrons. The van der Waals surface area contributed by atoms with Crippen molar-refractivity contribution in [2.24, 2.45) is 10.9 Å². The van der Waals surface area contributed by atoms with E-state index >= 15 is 0 Å². The van der Waals surface area contributed by atoms with Crippen molar-refractivity contribution in [1.29, 1.82) is 0 Å². The summed E-state index contributed by atoms with van der Waals surface area (Å²) in [5.41, 5.74) is 2.19. The number of nitrogens with one attached hydrogen (secondary N) is 2. The van der Waals surface area contributed by atoms with Crippen LogP contribution in [0.25, 0.3) is 0 Å². The Balaban J connectivity index is 1.60. The zero-order chi connectivity index (χ0) is 18.9. The van der Waals surface area contributed by atoms with Crippen molar-refractivity contribution in [3.05, 3.63) is 75.8 Å². The van der Waals surface area contributed by atoms with Gasteiger partial charge in [0.1, 0.15) is 0 Å². The molecule has 0 bridgehead atoms. The van der Waals surface area contributed by atoms with Crippen LogP contribution in [0.3, 0.4) is 0 Å². The highest BCUT2D eigenvalue weighted by atomic mass is 16.6. The molecule has 1 heterocycles. The molecule has 1 atom stereocenters. The molecule has 142 valence electrons. The Kier molecular flexibility index (Phi) is 6.76. The number of aliphatic imine (C=N–C) groups is 1. The molecule has 2 aromatic rings. The Bertz CT molecular complexity index is 757. The topological polar surface area (TPSA) is 88.8 Å². The van der Waals surface area contributed by atoms with Crippen LogP contribution in [0.1, 0.15) is 17.5 Å². The Morgan fingerprint density at radius 3 is 2.56 bits per heavy atom. The van der Waals surface area contributed by atoms with Crippen molar-refractivity contribution in [3.63, 3.8) is 0 Å². The normalized spacial score (nSPS) is 16.9. The Morgan fingerprint density at radius 1 is 1.11 bits per heavy atom. The highest BCUT2D eigenvalue weighted by Gasteiger charge is 2.15. The van der Waals surface area contributed by atoms with Crippen LogP contribution in [0.15, 0.2) is 59.6 Å². The summed E-state index contributed by atoms with van der Waals surface area (Å²) in [5, 5.41) is 17.4. The fourth-order valence-corrected chi connectivity index (χ4v) is 2.83. The lowest BCUT2D eigenvalue weighted by molar-refractivity contribution is -0.384. The van der Waals surface area contributed by atoms with Crippen molar-refractivity contribution in [2.75, 3.05) is 19.8 Å². The lowest BCUT2D eigenvalue weighted by atomic mass is 10.1. The number of guanidine groups is 1. The van der Waals surface area contributed by atoms with E-state index < -0.39 is 4.92 Å². The van der Waals surface area contributed by atoms with E-state index in [9.17, 15) is 10.1 Å². The van der Waals surface area contributed by atoms with Crippen molar-refractivity contribution in [2.45, 2.75) is 19.5 Å². The van der Waals surface area contributed by atoms with Crippen LogP contribution in [-0.4, -0.2) is 30.6 Å². The Hall–Kier alpha value is -2.93. The average Bonchev–Trinajstić information content (AvgIpc) is 3.22. The predicted molar refractivity (Wildman–Crippen MR) is 104 cm³/mol. The molecule has 7 nitrogen and oxygen atoms in total. The van der Waals surface area contributed by atoms with Gasteiger partial charge in [-0.2, -0.15) is 0 Å². The molecule has 3 rings (SSSR count). The standard InChI is InChI=1S/C20H24N4O3/c25-24(26)19-8-6-17(7-9-19)13-22-20(23-14-18-10-11-27-15-18)21-12-16-4-2-1-3-5-16/h1-9,18H,10-15H2,(H2,21,22,23). The van der Waals surface area contributed by atoms with Crippen LogP contribution in [0.5, 0.6) is 0 Å². The van der Waals surface area contributed by atoms with Gasteiger partial charge in [0.15, 0.2) is 5.96 Å². The summed E-state index contributed by atoms with van der Waals surface area (Å²) in [4.78, 5) is 15.0. The molecule has 2 N–H and O–H groups in total. The summed E-state index contributed by atoms with van der Waals surface area (Å²) in [6, 6.07) is 16.6. The van der Waals surface area contributed by atoms with E-state index in [-0.39, 0.29) is 5.69 Å². The molecule has 1 saturated heterocycles. The fraction of sp³-hybridized carbons (Fsp3) is 0.350.